The number of benzene rings is 1. The molecule has 0 radical (unpaired) electrons. The Morgan fingerprint density at radius 3 is 2.50 bits per heavy atom. The highest BCUT2D eigenvalue weighted by Crippen LogP contribution is 2.38. The van der Waals surface area contributed by atoms with Crippen LogP contribution in [-0.4, -0.2) is 24.2 Å². The summed E-state index contributed by atoms with van der Waals surface area (Å²) in [7, 11) is 0. The number of rotatable bonds is 3. The van der Waals surface area contributed by atoms with Crippen molar-refractivity contribution in [3.05, 3.63) is 27.2 Å². The molecule has 5 nitrogen and oxygen atoms in total. The first-order chi connectivity index (χ1) is 9.43. The lowest BCUT2D eigenvalue weighted by Crippen LogP contribution is -2.20. The highest BCUT2D eigenvalue weighted by Gasteiger charge is 2.32. The van der Waals surface area contributed by atoms with Gasteiger partial charge in [0.15, 0.2) is 5.71 Å². The average Bonchev–Trinajstić information content (AvgIpc) is 2.71. The van der Waals surface area contributed by atoms with Crippen molar-refractivity contribution in [1.82, 2.24) is 0 Å². The quantitative estimate of drug-likeness (QED) is 0.796. The van der Waals surface area contributed by atoms with E-state index in [1.54, 1.807) is 6.92 Å². The summed E-state index contributed by atoms with van der Waals surface area (Å²) in [5.41, 5.74) is 0.209. The summed E-state index contributed by atoms with van der Waals surface area (Å²) in [6.45, 7) is 1.87. The fraction of sp³-hybridized carbons (Fsp3) is 0.250. The number of halogens is 3. The number of hydrogen-bond acceptors (Lipinski definition) is 4. The standard InChI is InChI=1S/C12H9Cl3N2O3/c1-2-20-12(19)9-5-10(18)17(16-9)11-7(14)3-6(13)4-8(11)15/h3-4H,2,5H2,1H3. The summed E-state index contributed by atoms with van der Waals surface area (Å²) in [5.74, 6) is -1.05. The van der Waals surface area contributed by atoms with Crippen molar-refractivity contribution in [2.45, 2.75) is 13.3 Å². The van der Waals surface area contributed by atoms with Crippen molar-refractivity contribution in [2.75, 3.05) is 11.6 Å². The molecule has 0 unspecified atom stereocenters. The summed E-state index contributed by atoms with van der Waals surface area (Å²) in [6.07, 6.45) is -0.159. The zero-order valence-corrected chi connectivity index (χ0v) is 12.6. The van der Waals surface area contributed by atoms with Gasteiger partial charge in [-0.1, -0.05) is 34.8 Å². The largest absolute Gasteiger partial charge is 0.461 e. The van der Waals surface area contributed by atoms with Gasteiger partial charge in [-0.2, -0.15) is 10.1 Å². The second-order valence-corrected chi connectivity index (χ2v) is 5.12. The van der Waals surface area contributed by atoms with Crippen molar-refractivity contribution in [2.24, 2.45) is 5.10 Å². The first-order valence-electron chi connectivity index (χ1n) is 5.66. The molecular formula is C12H9Cl3N2O3. The first-order valence-corrected chi connectivity index (χ1v) is 6.79. The lowest BCUT2D eigenvalue weighted by Gasteiger charge is -2.15. The Hall–Kier alpha value is -1.30. The van der Waals surface area contributed by atoms with Crippen LogP contribution >= 0.6 is 34.8 Å². The molecule has 0 N–H and O–H groups in total. The third kappa shape index (κ3) is 2.90. The van der Waals surface area contributed by atoms with Crippen molar-refractivity contribution in [3.63, 3.8) is 0 Å². The first kappa shape index (κ1) is 15.1. The van der Waals surface area contributed by atoms with E-state index < -0.39 is 11.9 Å². The van der Waals surface area contributed by atoms with Crippen LogP contribution in [0.3, 0.4) is 0 Å². The predicted molar refractivity (Wildman–Crippen MR) is 77.6 cm³/mol. The fourth-order valence-electron chi connectivity index (χ4n) is 1.67. The molecule has 2 rings (SSSR count). The van der Waals surface area contributed by atoms with Gasteiger partial charge >= 0.3 is 5.97 Å². The molecule has 20 heavy (non-hydrogen) atoms. The minimum atomic E-state index is -0.635. The van der Waals surface area contributed by atoms with E-state index in [0.29, 0.717) is 5.02 Å². The molecule has 0 aliphatic carbocycles. The normalized spacial score (nSPS) is 14.5. The Balaban J connectivity index is 2.39. The van der Waals surface area contributed by atoms with Gasteiger partial charge in [0.05, 0.1) is 23.1 Å². The molecule has 1 aliphatic rings. The van der Waals surface area contributed by atoms with E-state index in [0.717, 1.165) is 5.01 Å². The Morgan fingerprint density at radius 2 is 1.95 bits per heavy atom. The van der Waals surface area contributed by atoms with Crippen LogP contribution in [0.2, 0.25) is 15.1 Å². The van der Waals surface area contributed by atoms with Gasteiger partial charge in [-0.15, -0.1) is 0 Å². The zero-order valence-electron chi connectivity index (χ0n) is 10.3. The second-order valence-electron chi connectivity index (χ2n) is 3.87. The van der Waals surface area contributed by atoms with Gasteiger partial charge in [-0.3, -0.25) is 4.79 Å². The Morgan fingerprint density at radius 1 is 1.35 bits per heavy atom. The van der Waals surface area contributed by atoms with Crippen molar-refractivity contribution in [3.8, 4) is 0 Å². The van der Waals surface area contributed by atoms with Gasteiger partial charge in [0.2, 0.25) is 0 Å². The van der Waals surface area contributed by atoms with Crippen molar-refractivity contribution in [1.29, 1.82) is 0 Å². The molecule has 8 heteroatoms. The van der Waals surface area contributed by atoms with Crippen LogP contribution in [-0.2, 0) is 14.3 Å². The van der Waals surface area contributed by atoms with E-state index >= 15 is 0 Å². The lowest BCUT2D eigenvalue weighted by molar-refractivity contribution is -0.135. The van der Waals surface area contributed by atoms with E-state index in [1.165, 1.54) is 12.1 Å². The zero-order chi connectivity index (χ0) is 14.9. The molecule has 1 aromatic carbocycles. The van der Waals surface area contributed by atoms with E-state index in [1.807, 2.05) is 0 Å². The number of nitrogens with zero attached hydrogens (tertiary/aromatic N) is 2. The summed E-state index contributed by atoms with van der Waals surface area (Å²) < 4.78 is 4.80. The minimum absolute atomic E-state index is 0.0129. The third-order valence-electron chi connectivity index (χ3n) is 2.48. The lowest BCUT2D eigenvalue weighted by atomic mass is 10.2. The Bertz CT molecular complexity index is 593. The van der Waals surface area contributed by atoms with Crippen LogP contribution < -0.4 is 5.01 Å². The maximum atomic E-state index is 11.9. The molecule has 1 heterocycles. The summed E-state index contributed by atoms with van der Waals surface area (Å²) in [4.78, 5) is 23.5. The minimum Gasteiger partial charge on any atom is -0.461 e. The smallest absolute Gasteiger partial charge is 0.355 e. The maximum absolute atomic E-state index is 11.9. The maximum Gasteiger partial charge on any atom is 0.355 e. The number of anilines is 1. The van der Waals surface area contributed by atoms with Gasteiger partial charge in [0.25, 0.3) is 5.91 Å². The van der Waals surface area contributed by atoms with E-state index in [4.69, 9.17) is 39.5 Å². The average molecular weight is 336 g/mol. The van der Waals surface area contributed by atoms with Crippen LogP contribution in [0, 0.1) is 0 Å². The predicted octanol–water partition coefficient (Wildman–Crippen LogP) is 3.30. The van der Waals surface area contributed by atoms with Crippen LogP contribution in [0.1, 0.15) is 13.3 Å². The molecule has 0 bridgehead atoms. The van der Waals surface area contributed by atoms with Crippen LogP contribution in [0.4, 0.5) is 5.69 Å². The topological polar surface area (TPSA) is 59.0 Å². The molecule has 1 amide bonds. The monoisotopic (exact) mass is 334 g/mol. The molecular weight excluding hydrogens is 327 g/mol. The van der Waals surface area contributed by atoms with E-state index in [-0.39, 0.29) is 34.5 Å². The van der Waals surface area contributed by atoms with Crippen LogP contribution in [0.5, 0.6) is 0 Å². The van der Waals surface area contributed by atoms with Crippen LogP contribution in [0.25, 0.3) is 0 Å². The fourth-order valence-corrected chi connectivity index (χ4v) is 2.65. The number of carbonyl (C=O) groups is 2. The molecule has 1 aromatic rings. The Labute approximate surface area is 130 Å². The van der Waals surface area contributed by atoms with Gasteiger partial charge < -0.3 is 4.74 Å². The van der Waals surface area contributed by atoms with Gasteiger partial charge in [0.1, 0.15) is 5.69 Å². The highest BCUT2D eigenvalue weighted by atomic mass is 35.5. The van der Waals surface area contributed by atoms with Gasteiger partial charge in [-0.25, -0.2) is 4.79 Å². The van der Waals surface area contributed by atoms with Crippen LogP contribution in [0.15, 0.2) is 17.2 Å². The van der Waals surface area contributed by atoms with E-state index in [9.17, 15) is 9.59 Å². The SMILES string of the molecule is CCOC(=O)C1=NN(c2c(Cl)cc(Cl)cc2Cl)C(=O)C1. The number of esters is 1. The number of ether oxygens (including phenoxy) is 1. The van der Waals surface area contributed by atoms with Crippen molar-refractivity contribution >= 4 is 58.1 Å². The molecule has 0 spiro atoms. The van der Waals surface area contributed by atoms with E-state index in [2.05, 4.69) is 5.10 Å². The molecule has 0 saturated heterocycles. The number of hydrogen-bond donors (Lipinski definition) is 0. The third-order valence-corrected chi connectivity index (χ3v) is 3.27. The number of hydrazone groups is 1. The van der Waals surface area contributed by atoms with Gasteiger partial charge in [0, 0.05) is 5.02 Å². The summed E-state index contributed by atoms with van der Waals surface area (Å²) in [5, 5.41) is 5.60. The molecule has 0 fully saturated rings. The molecule has 0 atom stereocenters. The summed E-state index contributed by atoms with van der Waals surface area (Å²) in [6, 6.07) is 2.88. The number of carbonyl (C=O) groups excluding carboxylic acids is 2. The molecule has 106 valence electrons. The second kappa shape index (κ2) is 5.99. The highest BCUT2D eigenvalue weighted by molar-refractivity contribution is 6.45. The Kier molecular flexibility index (Phi) is 4.52. The molecule has 0 aromatic heterocycles. The van der Waals surface area contributed by atoms with Gasteiger partial charge in [-0.05, 0) is 19.1 Å². The molecule has 0 saturated carbocycles. The molecule has 1 aliphatic heterocycles. The summed E-state index contributed by atoms with van der Waals surface area (Å²) >= 11 is 17.8. The number of amides is 1. The van der Waals surface area contributed by atoms with Crippen molar-refractivity contribution < 1.29 is 14.3 Å².